The Morgan fingerprint density at radius 1 is 1.11 bits per heavy atom. The lowest BCUT2D eigenvalue weighted by Crippen LogP contribution is -2.46. The fourth-order valence-corrected chi connectivity index (χ4v) is 6.48. The summed E-state index contributed by atoms with van der Waals surface area (Å²) in [5.74, 6) is 5.95. The molecule has 4 bridgehead atoms. The van der Waals surface area contributed by atoms with Crippen molar-refractivity contribution in [3.63, 3.8) is 0 Å². The molecular formula is C16H22N2S. The maximum Gasteiger partial charge on any atom is 0.123 e. The number of thioether (sulfide) groups is 1. The van der Waals surface area contributed by atoms with Crippen molar-refractivity contribution in [2.75, 3.05) is 5.73 Å². The molecule has 4 aliphatic carbocycles. The summed E-state index contributed by atoms with van der Waals surface area (Å²) in [7, 11) is 0. The first kappa shape index (κ1) is 12.1. The van der Waals surface area contributed by atoms with Gasteiger partial charge in [-0.3, -0.25) is 0 Å². The standard InChI is InChI=1S/C16H22N2S/c17-15-8-10(1-2-18-15)9-19-16-13-4-11-3-12(6-13)7-14(16)5-11/h1-2,8,11-14,16H,3-7,9H2,(H2,17,18). The number of hydrogen-bond donors (Lipinski definition) is 1. The highest BCUT2D eigenvalue weighted by Gasteiger charge is 2.48. The van der Waals surface area contributed by atoms with E-state index >= 15 is 0 Å². The van der Waals surface area contributed by atoms with Gasteiger partial charge in [0.2, 0.25) is 0 Å². The minimum absolute atomic E-state index is 0.656. The van der Waals surface area contributed by atoms with Crippen LogP contribution in [0.2, 0.25) is 0 Å². The molecule has 3 heteroatoms. The third kappa shape index (κ3) is 2.26. The van der Waals surface area contributed by atoms with E-state index in [1.807, 2.05) is 12.3 Å². The Hall–Kier alpha value is -0.700. The van der Waals surface area contributed by atoms with E-state index in [2.05, 4.69) is 22.8 Å². The van der Waals surface area contributed by atoms with E-state index in [0.29, 0.717) is 5.82 Å². The summed E-state index contributed by atoms with van der Waals surface area (Å²) in [6, 6.07) is 4.14. The van der Waals surface area contributed by atoms with Crippen LogP contribution in [0.4, 0.5) is 5.82 Å². The lowest BCUT2D eigenvalue weighted by atomic mass is 9.56. The van der Waals surface area contributed by atoms with E-state index in [4.69, 9.17) is 5.73 Å². The Morgan fingerprint density at radius 2 is 1.79 bits per heavy atom. The minimum atomic E-state index is 0.656. The third-order valence-corrected chi connectivity index (χ3v) is 7.08. The molecule has 2 nitrogen and oxygen atoms in total. The van der Waals surface area contributed by atoms with E-state index in [0.717, 1.165) is 34.7 Å². The van der Waals surface area contributed by atoms with Crippen LogP contribution in [0.1, 0.15) is 37.7 Å². The highest BCUT2D eigenvalue weighted by molar-refractivity contribution is 7.99. The van der Waals surface area contributed by atoms with Gasteiger partial charge in [0.25, 0.3) is 0 Å². The molecule has 2 N–H and O–H groups in total. The quantitative estimate of drug-likeness (QED) is 0.913. The molecule has 0 amide bonds. The molecule has 0 aliphatic heterocycles. The van der Waals surface area contributed by atoms with E-state index in [1.165, 1.54) is 31.2 Å². The third-order valence-electron chi connectivity index (χ3n) is 5.43. The van der Waals surface area contributed by atoms with E-state index in [1.54, 1.807) is 6.42 Å². The number of nitrogens with zero attached hydrogens (tertiary/aromatic N) is 1. The van der Waals surface area contributed by atoms with Gasteiger partial charge in [-0.05, 0) is 73.5 Å². The van der Waals surface area contributed by atoms with Crippen LogP contribution >= 0.6 is 11.8 Å². The zero-order valence-electron chi connectivity index (χ0n) is 11.3. The Bertz CT molecular complexity index is 446. The molecule has 0 aromatic carbocycles. The summed E-state index contributed by atoms with van der Waals surface area (Å²) in [5.41, 5.74) is 7.10. The normalized spacial score (nSPS) is 39.7. The molecule has 4 saturated carbocycles. The Morgan fingerprint density at radius 3 is 2.42 bits per heavy atom. The van der Waals surface area contributed by atoms with Gasteiger partial charge in [-0.25, -0.2) is 4.98 Å². The van der Waals surface area contributed by atoms with E-state index in [-0.39, 0.29) is 0 Å². The Balaban J connectivity index is 1.43. The molecule has 1 heterocycles. The summed E-state index contributed by atoms with van der Waals surface area (Å²) in [5, 5.41) is 0.919. The number of pyridine rings is 1. The van der Waals surface area contributed by atoms with Crippen molar-refractivity contribution < 1.29 is 0 Å². The van der Waals surface area contributed by atoms with Crippen molar-refractivity contribution in [3.05, 3.63) is 23.9 Å². The number of hydrogen-bond acceptors (Lipinski definition) is 3. The molecule has 0 radical (unpaired) electrons. The van der Waals surface area contributed by atoms with Crippen LogP contribution in [0.15, 0.2) is 18.3 Å². The van der Waals surface area contributed by atoms with Gasteiger partial charge in [0.15, 0.2) is 0 Å². The summed E-state index contributed by atoms with van der Waals surface area (Å²) in [4.78, 5) is 4.08. The fraction of sp³-hybridized carbons (Fsp3) is 0.688. The molecule has 5 rings (SSSR count). The van der Waals surface area contributed by atoms with Crippen molar-refractivity contribution in [3.8, 4) is 0 Å². The first-order valence-corrected chi connectivity index (χ1v) is 8.65. The van der Waals surface area contributed by atoms with Crippen LogP contribution in [0.25, 0.3) is 0 Å². The molecule has 4 fully saturated rings. The molecule has 4 aliphatic rings. The van der Waals surface area contributed by atoms with Crippen LogP contribution in [0.5, 0.6) is 0 Å². The molecule has 1 aromatic heterocycles. The van der Waals surface area contributed by atoms with Gasteiger partial charge in [-0.1, -0.05) is 0 Å². The Kier molecular flexibility index (Phi) is 2.98. The highest BCUT2D eigenvalue weighted by Crippen LogP contribution is 2.57. The first-order chi connectivity index (χ1) is 9.28. The fourth-order valence-electron chi connectivity index (χ4n) is 4.92. The SMILES string of the molecule is Nc1cc(CSC2C3CC4CC(C3)CC2C4)ccn1. The van der Waals surface area contributed by atoms with Crippen LogP contribution < -0.4 is 5.73 Å². The summed E-state index contributed by atoms with van der Waals surface area (Å²) in [6.45, 7) is 0. The molecule has 0 unspecified atom stereocenters. The number of anilines is 1. The van der Waals surface area contributed by atoms with Gasteiger partial charge in [-0.15, -0.1) is 0 Å². The topological polar surface area (TPSA) is 38.9 Å². The van der Waals surface area contributed by atoms with E-state index < -0.39 is 0 Å². The second kappa shape index (κ2) is 4.69. The van der Waals surface area contributed by atoms with Crippen molar-refractivity contribution in [2.45, 2.75) is 43.1 Å². The van der Waals surface area contributed by atoms with E-state index in [9.17, 15) is 0 Å². The van der Waals surface area contributed by atoms with Crippen LogP contribution in [0.3, 0.4) is 0 Å². The predicted octanol–water partition coefficient (Wildman–Crippen LogP) is 3.72. The maximum atomic E-state index is 5.76. The number of aromatic nitrogens is 1. The summed E-state index contributed by atoms with van der Waals surface area (Å²) in [6.07, 6.45) is 9.45. The molecule has 0 atom stereocenters. The van der Waals surface area contributed by atoms with Crippen LogP contribution in [0, 0.1) is 23.7 Å². The second-order valence-corrected chi connectivity index (χ2v) is 7.96. The smallest absolute Gasteiger partial charge is 0.123 e. The van der Waals surface area contributed by atoms with Crippen molar-refractivity contribution >= 4 is 17.6 Å². The number of rotatable bonds is 3. The minimum Gasteiger partial charge on any atom is -0.384 e. The Labute approximate surface area is 119 Å². The van der Waals surface area contributed by atoms with Gasteiger partial charge in [0.05, 0.1) is 0 Å². The maximum absolute atomic E-state index is 5.76. The van der Waals surface area contributed by atoms with Gasteiger partial charge in [-0.2, -0.15) is 11.8 Å². The van der Waals surface area contributed by atoms with Gasteiger partial charge < -0.3 is 5.73 Å². The molecule has 0 spiro atoms. The lowest BCUT2D eigenvalue weighted by molar-refractivity contribution is 0.0267. The van der Waals surface area contributed by atoms with Crippen molar-refractivity contribution in [1.82, 2.24) is 4.98 Å². The molecular weight excluding hydrogens is 252 g/mol. The van der Waals surface area contributed by atoms with Crippen LogP contribution in [-0.2, 0) is 5.75 Å². The number of nitrogen functional groups attached to an aromatic ring is 1. The second-order valence-electron chi connectivity index (χ2n) is 6.80. The zero-order chi connectivity index (χ0) is 12.8. The average molecular weight is 274 g/mol. The summed E-state index contributed by atoms with van der Waals surface area (Å²) >= 11 is 2.19. The lowest BCUT2D eigenvalue weighted by Gasteiger charge is -2.54. The van der Waals surface area contributed by atoms with Crippen molar-refractivity contribution in [2.24, 2.45) is 23.7 Å². The van der Waals surface area contributed by atoms with Gasteiger partial charge in [0.1, 0.15) is 5.82 Å². The molecule has 0 saturated heterocycles. The van der Waals surface area contributed by atoms with Gasteiger partial charge >= 0.3 is 0 Å². The molecule has 1 aromatic rings. The monoisotopic (exact) mass is 274 g/mol. The van der Waals surface area contributed by atoms with Crippen molar-refractivity contribution in [1.29, 1.82) is 0 Å². The number of nitrogens with two attached hydrogens (primary N) is 1. The molecule has 19 heavy (non-hydrogen) atoms. The molecule has 102 valence electrons. The summed E-state index contributed by atoms with van der Waals surface area (Å²) < 4.78 is 0. The average Bonchev–Trinajstić information content (AvgIpc) is 2.37. The highest BCUT2D eigenvalue weighted by atomic mass is 32.2. The predicted molar refractivity (Wildman–Crippen MR) is 80.8 cm³/mol. The van der Waals surface area contributed by atoms with Crippen LogP contribution in [-0.4, -0.2) is 10.2 Å². The largest absolute Gasteiger partial charge is 0.384 e. The van der Waals surface area contributed by atoms with Gasteiger partial charge in [0, 0.05) is 17.2 Å². The first-order valence-electron chi connectivity index (χ1n) is 7.60. The zero-order valence-corrected chi connectivity index (χ0v) is 12.1.